The van der Waals surface area contributed by atoms with Gasteiger partial charge in [0.1, 0.15) is 5.82 Å². The maximum atomic E-state index is 12.6. The number of likely N-dealkylation sites (N-methyl/N-ethyl adjacent to an activating group) is 1. The number of rotatable bonds is 5. The first-order chi connectivity index (χ1) is 7.25. The maximum absolute atomic E-state index is 12.6. The Labute approximate surface area is 90.1 Å². The minimum Gasteiger partial charge on any atom is -0.384 e. The van der Waals surface area contributed by atoms with Gasteiger partial charge in [0.2, 0.25) is 0 Å². The lowest BCUT2D eigenvalue weighted by Gasteiger charge is -2.16. The summed E-state index contributed by atoms with van der Waals surface area (Å²) in [6.45, 7) is 1.96. The molecule has 0 amide bonds. The third-order valence-corrected chi connectivity index (χ3v) is 2.81. The minimum absolute atomic E-state index is 0.185. The molecule has 2 nitrogen and oxygen atoms in total. The Kier molecular flexibility index (Phi) is 3.21. The highest BCUT2D eigenvalue weighted by Gasteiger charge is 2.25. The van der Waals surface area contributed by atoms with Crippen LogP contribution in [0.25, 0.3) is 0 Å². The Balaban J connectivity index is 1.70. The van der Waals surface area contributed by atoms with Gasteiger partial charge < -0.3 is 10.2 Å². The van der Waals surface area contributed by atoms with Crippen molar-refractivity contribution in [1.82, 2.24) is 4.90 Å². The molecule has 82 valence electrons. The first kappa shape index (κ1) is 10.4. The van der Waals surface area contributed by atoms with Crippen molar-refractivity contribution >= 4 is 5.69 Å². The van der Waals surface area contributed by atoms with Crippen LogP contribution < -0.4 is 5.32 Å². The average Bonchev–Trinajstić information content (AvgIpc) is 3.04. The quantitative estimate of drug-likeness (QED) is 0.799. The molecule has 1 aliphatic rings. The van der Waals surface area contributed by atoms with Gasteiger partial charge >= 0.3 is 0 Å². The number of hydrogen-bond donors (Lipinski definition) is 1. The van der Waals surface area contributed by atoms with Gasteiger partial charge in [0.05, 0.1) is 0 Å². The molecule has 0 aromatic heterocycles. The molecule has 1 N–H and O–H groups in total. The van der Waals surface area contributed by atoms with Gasteiger partial charge in [-0.2, -0.15) is 0 Å². The van der Waals surface area contributed by atoms with E-state index in [9.17, 15) is 4.39 Å². The fourth-order valence-corrected chi connectivity index (χ4v) is 1.64. The van der Waals surface area contributed by atoms with Crippen molar-refractivity contribution in [2.75, 3.05) is 25.5 Å². The van der Waals surface area contributed by atoms with Crippen LogP contribution in [0.4, 0.5) is 10.1 Å². The number of nitrogens with one attached hydrogen (secondary N) is 1. The Morgan fingerprint density at radius 3 is 2.60 bits per heavy atom. The second-order valence-corrected chi connectivity index (χ2v) is 4.15. The second kappa shape index (κ2) is 4.62. The van der Waals surface area contributed by atoms with E-state index < -0.39 is 0 Å². The van der Waals surface area contributed by atoms with Crippen molar-refractivity contribution in [2.45, 2.75) is 18.9 Å². The molecule has 2 rings (SSSR count). The summed E-state index contributed by atoms with van der Waals surface area (Å²) in [5.74, 6) is -0.185. The molecule has 0 aliphatic heterocycles. The zero-order chi connectivity index (χ0) is 10.7. The van der Waals surface area contributed by atoms with E-state index in [1.54, 1.807) is 12.1 Å². The second-order valence-electron chi connectivity index (χ2n) is 4.15. The number of nitrogens with zero attached hydrogens (tertiary/aromatic N) is 1. The van der Waals surface area contributed by atoms with E-state index in [0.29, 0.717) is 0 Å². The molecule has 0 saturated heterocycles. The van der Waals surface area contributed by atoms with Crippen molar-refractivity contribution in [3.63, 3.8) is 0 Å². The molecule has 0 radical (unpaired) electrons. The summed E-state index contributed by atoms with van der Waals surface area (Å²) in [5.41, 5.74) is 0.987. The zero-order valence-corrected chi connectivity index (χ0v) is 9.04. The standard InChI is InChI=1S/C12H17FN2/c1-15(12-6-7-12)9-8-14-11-4-2-10(13)3-5-11/h2-5,12,14H,6-9H2,1H3. The summed E-state index contributed by atoms with van der Waals surface area (Å²) in [7, 11) is 2.16. The summed E-state index contributed by atoms with van der Waals surface area (Å²) >= 11 is 0. The molecule has 1 aliphatic carbocycles. The maximum Gasteiger partial charge on any atom is 0.123 e. The lowest BCUT2D eigenvalue weighted by Crippen LogP contribution is -2.26. The number of benzene rings is 1. The fraction of sp³-hybridized carbons (Fsp3) is 0.500. The van der Waals surface area contributed by atoms with Gasteiger partial charge in [-0.05, 0) is 44.2 Å². The van der Waals surface area contributed by atoms with Gasteiger partial charge in [0.25, 0.3) is 0 Å². The van der Waals surface area contributed by atoms with E-state index in [4.69, 9.17) is 0 Å². The average molecular weight is 208 g/mol. The number of hydrogen-bond acceptors (Lipinski definition) is 2. The third kappa shape index (κ3) is 3.20. The molecular formula is C12H17FN2. The number of anilines is 1. The van der Waals surface area contributed by atoms with Crippen LogP contribution in [0.2, 0.25) is 0 Å². The van der Waals surface area contributed by atoms with Gasteiger partial charge in [0, 0.05) is 24.8 Å². The van der Waals surface area contributed by atoms with Gasteiger partial charge in [0.15, 0.2) is 0 Å². The summed E-state index contributed by atoms with van der Waals surface area (Å²) < 4.78 is 12.6. The third-order valence-electron chi connectivity index (χ3n) is 2.81. The van der Waals surface area contributed by atoms with E-state index in [-0.39, 0.29) is 5.82 Å². The molecule has 15 heavy (non-hydrogen) atoms. The molecule has 0 spiro atoms. The Hall–Kier alpha value is -1.09. The van der Waals surface area contributed by atoms with Crippen molar-refractivity contribution in [3.05, 3.63) is 30.1 Å². The highest BCUT2D eigenvalue weighted by molar-refractivity contribution is 5.42. The van der Waals surface area contributed by atoms with E-state index in [2.05, 4.69) is 17.3 Å². The van der Waals surface area contributed by atoms with Crippen LogP contribution in [0.15, 0.2) is 24.3 Å². The predicted molar refractivity (Wildman–Crippen MR) is 60.5 cm³/mol. The van der Waals surface area contributed by atoms with E-state index in [1.807, 2.05) is 0 Å². The molecule has 0 atom stereocenters. The molecule has 0 bridgehead atoms. The summed E-state index contributed by atoms with van der Waals surface area (Å²) in [5, 5.41) is 3.28. The predicted octanol–water partition coefficient (Wildman–Crippen LogP) is 2.33. The zero-order valence-electron chi connectivity index (χ0n) is 9.04. The summed E-state index contributed by atoms with van der Waals surface area (Å²) in [4.78, 5) is 2.37. The van der Waals surface area contributed by atoms with E-state index in [1.165, 1.54) is 25.0 Å². The van der Waals surface area contributed by atoms with Gasteiger partial charge in [-0.3, -0.25) is 0 Å². The van der Waals surface area contributed by atoms with Crippen LogP contribution in [0.5, 0.6) is 0 Å². The summed E-state index contributed by atoms with van der Waals surface area (Å²) in [6.07, 6.45) is 2.68. The monoisotopic (exact) mass is 208 g/mol. The lowest BCUT2D eigenvalue weighted by atomic mass is 10.3. The van der Waals surface area contributed by atoms with Gasteiger partial charge in [-0.25, -0.2) is 4.39 Å². The Morgan fingerprint density at radius 2 is 2.00 bits per heavy atom. The Bertz CT molecular complexity index is 306. The molecule has 1 saturated carbocycles. The Morgan fingerprint density at radius 1 is 1.33 bits per heavy atom. The lowest BCUT2D eigenvalue weighted by molar-refractivity contribution is 0.337. The van der Waals surface area contributed by atoms with Crippen molar-refractivity contribution in [2.24, 2.45) is 0 Å². The smallest absolute Gasteiger partial charge is 0.123 e. The van der Waals surface area contributed by atoms with Crippen LogP contribution >= 0.6 is 0 Å². The highest BCUT2D eigenvalue weighted by atomic mass is 19.1. The molecule has 3 heteroatoms. The highest BCUT2D eigenvalue weighted by Crippen LogP contribution is 2.24. The van der Waals surface area contributed by atoms with Crippen molar-refractivity contribution in [1.29, 1.82) is 0 Å². The largest absolute Gasteiger partial charge is 0.384 e. The molecular weight excluding hydrogens is 191 g/mol. The van der Waals surface area contributed by atoms with Gasteiger partial charge in [-0.15, -0.1) is 0 Å². The van der Waals surface area contributed by atoms with Crippen LogP contribution in [-0.4, -0.2) is 31.1 Å². The first-order valence-electron chi connectivity index (χ1n) is 5.45. The van der Waals surface area contributed by atoms with Crippen molar-refractivity contribution in [3.8, 4) is 0 Å². The topological polar surface area (TPSA) is 15.3 Å². The van der Waals surface area contributed by atoms with Crippen LogP contribution in [0.3, 0.4) is 0 Å². The molecule has 1 fully saturated rings. The van der Waals surface area contributed by atoms with Crippen LogP contribution in [-0.2, 0) is 0 Å². The minimum atomic E-state index is -0.185. The molecule has 1 aromatic rings. The van der Waals surface area contributed by atoms with E-state index in [0.717, 1.165) is 24.8 Å². The van der Waals surface area contributed by atoms with Crippen molar-refractivity contribution < 1.29 is 4.39 Å². The fourth-order valence-electron chi connectivity index (χ4n) is 1.64. The SMILES string of the molecule is CN(CCNc1ccc(F)cc1)C1CC1. The normalized spacial score (nSPS) is 15.7. The van der Waals surface area contributed by atoms with Crippen LogP contribution in [0.1, 0.15) is 12.8 Å². The molecule has 0 heterocycles. The van der Waals surface area contributed by atoms with Gasteiger partial charge in [-0.1, -0.05) is 0 Å². The van der Waals surface area contributed by atoms with Crippen LogP contribution in [0, 0.1) is 5.82 Å². The summed E-state index contributed by atoms with van der Waals surface area (Å²) in [6, 6.07) is 7.30. The molecule has 1 aromatic carbocycles. The first-order valence-corrected chi connectivity index (χ1v) is 5.45. The molecule has 0 unspecified atom stereocenters. The van der Waals surface area contributed by atoms with E-state index >= 15 is 0 Å². The number of halogens is 1.